The molecule has 1 amide bonds. The number of guanidine groups is 1. The zero-order valence-corrected chi connectivity index (χ0v) is 18.9. The minimum Gasteiger partial charge on any atom is -0.508 e. The highest BCUT2D eigenvalue weighted by atomic mass is 127. The molecule has 7 nitrogen and oxygen atoms in total. The summed E-state index contributed by atoms with van der Waals surface area (Å²) in [6, 6.07) is 6.23. The molecule has 1 aromatic carbocycles. The Bertz CT molecular complexity index is 638. The number of amides is 1. The number of carbonyl (C=O) groups excluding carboxylic acids is 1. The number of carbonyl (C=O) groups is 1. The van der Waals surface area contributed by atoms with E-state index in [-0.39, 0.29) is 48.2 Å². The predicted octanol–water partition coefficient (Wildman–Crippen LogP) is 2.02. The monoisotopic (exact) mass is 525 g/mol. The van der Waals surface area contributed by atoms with Crippen molar-refractivity contribution in [3.05, 3.63) is 29.8 Å². The van der Waals surface area contributed by atoms with Gasteiger partial charge in [0.15, 0.2) is 5.96 Å². The molecule has 1 aliphatic heterocycles. The molecule has 164 valence electrons. The van der Waals surface area contributed by atoms with E-state index in [2.05, 4.69) is 20.9 Å². The van der Waals surface area contributed by atoms with E-state index in [0.717, 1.165) is 12.8 Å². The van der Waals surface area contributed by atoms with Gasteiger partial charge >= 0.3 is 0 Å². The first-order valence-corrected chi connectivity index (χ1v) is 9.60. The summed E-state index contributed by atoms with van der Waals surface area (Å²) in [7, 11) is 0. The van der Waals surface area contributed by atoms with Gasteiger partial charge in [0.1, 0.15) is 5.75 Å². The van der Waals surface area contributed by atoms with E-state index < -0.39 is 6.43 Å². The van der Waals surface area contributed by atoms with Crippen LogP contribution in [0.2, 0.25) is 0 Å². The molecule has 0 saturated carbocycles. The van der Waals surface area contributed by atoms with E-state index in [1.807, 2.05) is 6.92 Å². The van der Waals surface area contributed by atoms with Gasteiger partial charge in [-0.3, -0.25) is 14.7 Å². The lowest BCUT2D eigenvalue weighted by atomic mass is 10.1. The van der Waals surface area contributed by atoms with Gasteiger partial charge in [-0.25, -0.2) is 8.78 Å². The van der Waals surface area contributed by atoms with Crippen molar-refractivity contribution in [3.8, 4) is 5.75 Å². The van der Waals surface area contributed by atoms with Crippen LogP contribution in [0.25, 0.3) is 0 Å². The number of phenols is 1. The molecule has 1 saturated heterocycles. The maximum Gasteiger partial charge on any atom is 0.251 e. The molecule has 29 heavy (non-hydrogen) atoms. The van der Waals surface area contributed by atoms with Crippen molar-refractivity contribution < 1.29 is 18.7 Å². The second-order valence-electron chi connectivity index (χ2n) is 6.67. The SMILES string of the molecule is CCNC(=NCCNC(=O)c1ccc(O)cc1)NC1CCN(CC(F)F)CC1.I. The summed E-state index contributed by atoms with van der Waals surface area (Å²) in [5.74, 6) is 0.552. The van der Waals surface area contributed by atoms with Crippen LogP contribution in [-0.2, 0) is 0 Å². The lowest BCUT2D eigenvalue weighted by molar-refractivity contribution is 0.0744. The van der Waals surface area contributed by atoms with E-state index in [1.165, 1.54) is 12.1 Å². The number of piperidine rings is 1. The van der Waals surface area contributed by atoms with Crippen molar-refractivity contribution in [1.82, 2.24) is 20.9 Å². The lowest BCUT2D eigenvalue weighted by Gasteiger charge is -2.32. The van der Waals surface area contributed by atoms with Crippen molar-refractivity contribution in [2.24, 2.45) is 4.99 Å². The number of alkyl halides is 2. The van der Waals surface area contributed by atoms with Crippen LogP contribution in [0.15, 0.2) is 29.3 Å². The summed E-state index contributed by atoms with van der Waals surface area (Å²) in [4.78, 5) is 18.3. The van der Waals surface area contributed by atoms with Crippen molar-refractivity contribution in [2.75, 3.05) is 39.3 Å². The molecule has 0 spiro atoms. The molecule has 1 aromatic rings. The predicted molar refractivity (Wildman–Crippen MR) is 120 cm³/mol. The minimum absolute atomic E-state index is 0. The number of nitrogens with one attached hydrogen (secondary N) is 3. The number of rotatable bonds is 8. The average molecular weight is 525 g/mol. The van der Waals surface area contributed by atoms with Crippen LogP contribution < -0.4 is 16.0 Å². The average Bonchev–Trinajstić information content (AvgIpc) is 2.67. The summed E-state index contributed by atoms with van der Waals surface area (Å²) in [5.41, 5.74) is 0.474. The van der Waals surface area contributed by atoms with Crippen molar-refractivity contribution in [2.45, 2.75) is 32.2 Å². The number of aromatic hydroxyl groups is 1. The molecule has 0 bridgehead atoms. The molecule has 0 aliphatic carbocycles. The summed E-state index contributed by atoms with van der Waals surface area (Å²) < 4.78 is 24.9. The molecule has 2 rings (SSSR count). The molecule has 1 fully saturated rings. The highest BCUT2D eigenvalue weighted by Crippen LogP contribution is 2.12. The van der Waals surface area contributed by atoms with Gasteiger partial charge in [0.25, 0.3) is 12.3 Å². The first-order valence-electron chi connectivity index (χ1n) is 9.60. The van der Waals surface area contributed by atoms with Gasteiger partial charge in [-0.1, -0.05) is 0 Å². The van der Waals surface area contributed by atoms with Gasteiger partial charge in [-0.15, -0.1) is 24.0 Å². The van der Waals surface area contributed by atoms with Crippen LogP contribution in [0.5, 0.6) is 5.75 Å². The number of halogens is 3. The first-order chi connectivity index (χ1) is 13.5. The summed E-state index contributed by atoms with van der Waals surface area (Å²) in [6.45, 7) is 4.58. The smallest absolute Gasteiger partial charge is 0.251 e. The van der Waals surface area contributed by atoms with Gasteiger partial charge in [0.2, 0.25) is 0 Å². The number of phenolic OH excluding ortho intramolecular Hbond substituents is 1. The van der Waals surface area contributed by atoms with Crippen molar-refractivity contribution >= 4 is 35.8 Å². The number of hydrogen-bond acceptors (Lipinski definition) is 4. The van der Waals surface area contributed by atoms with Crippen LogP contribution >= 0.6 is 24.0 Å². The highest BCUT2D eigenvalue weighted by Gasteiger charge is 2.21. The Morgan fingerprint density at radius 1 is 1.24 bits per heavy atom. The Hall–Kier alpha value is -1.69. The number of aliphatic imine (C=N–C) groups is 1. The lowest BCUT2D eigenvalue weighted by Crippen LogP contribution is -2.49. The quantitative estimate of drug-likeness (QED) is 0.181. The molecule has 0 unspecified atom stereocenters. The molecular formula is C19H30F2IN5O2. The molecule has 1 aliphatic rings. The summed E-state index contributed by atoms with van der Waals surface area (Å²) in [6.07, 6.45) is -0.719. The Morgan fingerprint density at radius 3 is 2.48 bits per heavy atom. The summed E-state index contributed by atoms with van der Waals surface area (Å²) in [5, 5.41) is 18.5. The normalized spacial score (nSPS) is 15.7. The fourth-order valence-electron chi connectivity index (χ4n) is 3.02. The molecule has 10 heteroatoms. The first kappa shape index (κ1) is 25.3. The zero-order valence-electron chi connectivity index (χ0n) is 16.5. The van der Waals surface area contributed by atoms with E-state index in [0.29, 0.717) is 44.2 Å². The topological polar surface area (TPSA) is 89.0 Å². The zero-order chi connectivity index (χ0) is 20.4. The number of hydrogen-bond donors (Lipinski definition) is 4. The molecule has 0 atom stereocenters. The molecule has 1 heterocycles. The standard InChI is InChI=1S/C19H29F2N5O2.HI/c1-2-22-19(25-15-7-11-26(12-8-15)13-17(20)21)24-10-9-23-18(28)14-3-5-16(27)6-4-14;/h3-6,15,17,27H,2,7-13H2,1H3,(H,23,28)(H2,22,24,25);1H. The molecule has 0 radical (unpaired) electrons. The number of benzene rings is 1. The largest absolute Gasteiger partial charge is 0.508 e. The van der Waals surface area contributed by atoms with Crippen molar-refractivity contribution in [1.29, 1.82) is 0 Å². The molecular weight excluding hydrogens is 495 g/mol. The maximum absolute atomic E-state index is 12.5. The molecule has 0 aromatic heterocycles. The van der Waals surface area contributed by atoms with Crippen LogP contribution in [-0.4, -0.2) is 73.6 Å². The van der Waals surface area contributed by atoms with Crippen LogP contribution in [0, 0.1) is 0 Å². The van der Waals surface area contributed by atoms with Crippen LogP contribution in [0.1, 0.15) is 30.1 Å². The van der Waals surface area contributed by atoms with Crippen LogP contribution in [0.3, 0.4) is 0 Å². The number of nitrogens with zero attached hydrogens (tertiary/aromatic N) is 2. The molecule has 4 N–H and O–H groups in total. The van der Waals surface area contributed by atoms with Gasteiger partial charge in [0, 0.05) is 37.8 Å². The highest BCUT2D eigenvalue weighted by molar-refractivity contribution is 14.0. The van der Waals surface area contributed by atoms with E-state index in [4.69, 9.17) is 0 Å². The van der Waals surface area contributed by atoms with Gasteiger partial charge in [-0.2, -0.15) is 0 Å². The fraction of sp³-hybridized carbons (Fsp3) is 0.579. The Labute approximate surface area is 187 Å². The third kappa shape index (κ3) is 9.57. The minimum atomic E-state index is -2.29. The fourth-order valence-corrected chi connectivity index (χ4v) is 3.02. The Morgan fingerprint density at radius 2 is 1.90 bits per heavy atom. The van der Waals surface area contributed by atoms with E-state index >= 15 is 0 Å². The van der Waals surface area contributed by atoms with Crippen molar-refractivity contribution in [3.63, 3.8) is 0 Å². The summed E-state index contributed by atoms with van der Waals surface area (Å²) >= 11 is 0. The van der Waals surface area contributed by atoms with Gasteiger partial charge < -0.3 is 21.1 Å². The third-order valence-electron chi connectivity index (χ3n) is 4.47. The third-order valence-corrected chi connectivity index (χ3v) is 4.47. The number of likely N-dealkylation sites (tertiary alicyclic amines) is 1. The second-order valence-corrected chi connectivity index (χ2v) is 6.67. The second kappa shape index (κ2) is 13.5. The van der Waals surface area contributed by atoms with Gasteiger partial charge in [-0.05, 0) is 44.0 Å². The van der Waals surface area contributed by atoms with Crippen LogP contribution in [0.4, 0.5) is 8.78 Å². The van der Waals surface area contributed by atoms with E-state index in [1.54, 1.807) is 17.0 Å². The Balaban J connectivity index is 0.00000420. The maximum atomic E-state index is 12.5. The Kier molecular flexibility index (Phi) is 11.8. The van der Waals surface area contributed by atoms with Gasteiger partial charge in [0.05, 0.1) is 13.1 Å². The van der Waals surface area contributed by atoms with E-state index in [9.17, 15) is 18.7 Å².